The Bertz CT molecular complexity index is 973. The minimum Gasteiger partial charge on any atom is -0.339 e. The number of halogens is 3. The molecule has 0 radical (unpaired) electrons. The Kier molecular flexibility index (Phi) is 6.32. The first-order valence-electron chi connectivity index (χ1n) is 11.2. The molecule has 2 unspecified atom stereocenters. The van der Waals surface area contributed by atoms with Gasteiger partial charge in [0.2, 0.25) is 0 Å². The second-order valence-corrected chi connectivity index (χ2v) is 9.21. The molecule has 0 spiro atoms. The number of likely N-dealkylation sites (tertiary alicyclic amines) is 1. The van der Waals surface area contributed by atoms with Gasteiger partial charge in [-0.1, -0.05) is 29.8 Å². The molecule has 4 rings (SSSR count). The lowest BCUT2D eigenvalue weighted by Crippen LogP contribution is -2.44. The van der Waals surface area contributed by atoms with Crippen LogP contribution in [-0.2, 0) is 6.18 Å². The molecule has 7 heteroatoms. The number of carbonyl (C=O) groups is 1. The van der Waals surface area contributed by atoms with Crippen LogP contribution in [0.3, 0.4) is 0 Å². The molecule has 2 aromatic rings. The van der Waals surface area contributed by atoms with Crippen molar-refractivity contribution in [2.45, 2.75) is 58.3 Å². The maximum absolute atomic E-state index is 13.1. The summed E-state index contributed by atoms with van der Waals surface area (Å²) in [7, 11) is 0. The highest BCUT2D eigenvalue weighted by molar-refractivity contribution is 5.97. The first kappa shape index (κ1) is 22.8. The van der Waals surface area contributed by atoms with E-state index in [1.165, 1.54) is 12.1 Å². The highest BCUT2D eigenvalue weighted by Gasteiger charge is 2.36. The average molecular weight is 446 g/mol. The van der Waals surface area contributed by atoms with Crippen LogP contribution in [0, 0.1) is 26.7 Å². The monoisotopic (exact) mass is 445 g/mol. The number of aryl methyl sites for hydroxylation is 3. The second kappa shape index (κ2) is 8.87. The fraction of sp³-hybridized carbons (Fsp3) is 0.480. The number of nitrogens with zero attached hydrogens (tertiary/aromatic N) is 1. The lowest BCUT2D eigenvalue weighted by atomic mass is 9.86. The Morgan fingerprint density at radius 3 is 2.28 bits per heavy atom. The maximum atomic E-state index is 13.1. The molecule has 0 aliphatic carbocycles. The van der Waals surface area contributed by atoms with E-state index in [-0.39, 0.29) is 18.0 Å². The van der Waals surface area contributed by atoms with E-state index in [4.69, 9.17) is 0 Å². The zero-order chi connectivity index (χ0) is 23.0. The molecular weight excluding hydrogens is 415 g/mol. The van der Waals surface area contributed by atoms with Gasteiger partial charge >= 0.3 is 6.18 Å². The van der Waals surface area contributed by atoms with Gasteiger partial charge in [-0.2, -0.15) is 13.2 Å². The van der Waals surface area contributed by atoms with Crippen LogP contribution >= 0.6 is 0 Å². The summed E-state index contributed by atoms with van der Waals surface area (Å²) in [5.74, 6) is 0.473. The maximum Gasteiger partial charge on any atom is 0.416 e. The Hall–Kier alpha value is -2.38. The number of hydrogen-bond acceptors (Lipinski definition) is 3. The molecule has 0 aromatic heterocycles. The van der Waals surface area contributed by atoms with Gasteiger partial charge in [-0.25, -0.2) is 0 Å². The number of nitrogens with one attached hydrogen (secondary N) is 2. The fourth-order valence-electron chi connectivity index (χ4n) is 5.22. The summed E-state index contributed by atoms with van der Waals surface area (Å²) in [6, 6.07) is 9.67. The highest BCUT2D eigenvalue weighted by atomic mass is 19.4. The van der Waals surface area contributed by atoms with Crippen LogP contribution in [0.2, 0.25) is 0 Å². The van der Waals surface area contributed by atoms with Crippen molar-refractivity contribution < 1.29 is 18.0 Å². The average Bonchev–Trinajstić information content (AvgIpc) is 3.23. The van der Waals surface area contributed by atoms with E-state index in [0.29, 0.717) is 24.6 Å². The third-order valence-corrected chi connectivity index (χ3v) is 6.84. The predicted octanol–water partition coefficient (Wildman–Crippen LogP) is 5.09. The van der Waals surface area contributed by atoms with E-state index >= 15 is 0 Å². The van der Waals surface area contributed by atoms with Gasteiger partial charge in [0, 0.05) is 30.7 Å². The normalized spacial score (nSPS) is 22.4. The molecule has 2 fully saturated rings. The third kappa shape index (κ3) is 4.69. The van der Waals surface area contributed by atoms with Crippen LogP contribution in [0.25, 0.3) is 0 Å². The fourth-order valence-corrected chi connectivity index (χ4v) is 5.22. The Morgan fingerprint density at radius 2 is 1.66 bits per heavy atom. The molecule has 0 saturated carbocycles. The van der Waals surface area contributed by atoms with Gasteiger partial charge in [0.15, 0.2) is 0 Å². The standard InChI is InChI=1S/C25H30F3N3O/c1-15-11-16(2)23(17(3)12-15)24(32)31-9-7-18(8-10-31)21-14-22(30-29-21)19-5-4-6-20(13-19)25(26,27)28/h4-6,11-13,18,21-22,29-30H,7-10,14H2,1-3H3. The van der Waals surface area contributed by atoms with Crippen molar-refractivity contribution in [3.05, 3.63) is 69.8 Å². The van der Waals surface area contributed by atoms with Crippen LogP contribution in [0.4, 0.5) is 13.2 Å². The number of amides is 1. The van der Waals surface area contributed by atoms with Gasteiger partial charge < -0.3 is 4.90 Å². The van der Waals surface area contributed by atoms with Crippen molar-refractivity contribution in [3.8, 4) is 0 Å². The topological polar surface area (TPSA) is 44.4 Å². The number of piperidine rings is 1. The summed E-state index contributed by atoms with van der Waals surface area (Å²) >= 11 is 0. The summed E-state index contributed by atoms with van der Waals surface area (Å²) < 4.78 is 39.1. The summed E-state index contributed by atoms with van der Waals surface area (Å²) in [6.07, 6.45) is -1.85. The van der Waals surface area contributed by atoms with Gasteiger partial charge in [-0.3, -0.25) is 15.6 Å². The third-order valence-electron chi connectivity index (χ3n) is 6.84. The van der Waals surface area contributed by atoms with Gasteiger partial charge in [0.25, 0.3) is 5.91 Å². The van der Waals surface area contributed by atoms with Gasteiger partial charge in [0.05, 0.1) is 5.56 Å². The number of hydrazine groups is 1. The van der Waals surface area contributed by atoms with E-state index in [1.807, 2.05) is 25.7 Å². The SMILES string of the molecule is Cc1cc(C)c(C(=O)N2CCC(C3CC(c4cccc(C(F)(F)F)c4)NN3)CC2)c(C)c1. The van der Waals surface area contributed by atoms with Crippen LogP contribution in [0.5, 0.6) is 0 Å². The molecule has 2 saturated heterocycles. The largest absolute Gasteiger partial charge is 0.416 e. The summed E-state index contributed by atoms with van der Waals surface area (Å²) in [4.78, 5) is 15.1. The van der Waals surface area contributed by atoms with Gasteiger partial charge in [-0.15, -0.1) is 0 Å². The molecule has 2 heterocycles. The number of alkyl halides is 3. The molecular formula is C25H30F3N3O. The quantitative estimate of drug-likeness (QED) is 0.692. The van der Waals surface area contributed by atoms with Crippen molar-refractivity contribution in [3.63, 3.8) is 0 Å². The highest BCUT2D eigenvalue weighted by Crippen LogP contribution is 2.34. The van der Waals surface area contributed by atoms with E-state index in [1.54, 1.807) is 6.07 Å². The van der Waals surface area contributed by atoms with Crippen molar-refractivity contribution in [2.24, 2.45) is 5.92 Å². The number of benzene rings is 2. The van der Waals surface area contributed by atoms with Crippen molar-refractivity contribution >= 4 is 5.91 Å². The summed E-state index contributed by atoms with van der Waals surface area (Å²) in [5, 5.41) is 0. The number of rotatable bonds is 3. The molecule has 2 aromatic carbocycles. The second-order valence-electron chi connectivity index (χ2n) is 9.21. The zero-order valence-electron chi connectivity index (χ0n) is 18.7. The smallest absolute Gasteiger partial charge is 0.339 e. The van der Waals surface area contributed by atoms with Crippen molar-refractivity contribution in [2.75, 3.05) is 13.1 Å². The molecule has 2 aliphatic heterocycles. The first-order chi connectivity index (χ1) is 15.1. The predicted molar refractivity (Wildman–Crippen MR) is 118 cm³/mol. The molecule has 1 amide bonds. The molecule has 2 N–H and O–H groups in total. The van der Waals surface area contributed by atoms with E-state index in [2.05, 4.69) is 23.0 Å². The minimum atomic E-state index is -4.34. The first-order valence-corrected chi connectivity index (χ1v) is 11.2. The van der Waals surface area contributed by atoms with Crippen molar-refractivity contribution in [1.29, 1.82) is 0 Å². The van der Waals surface area contributed by atoms with Crippen LogP contribution in [0.1, 0.15) is 63.5 Å². The van der Waals surface area contributed by atoms with E-state index in [9.17, 15) is 18.0 Å². The zero-order valence-corrected chi connectivity index (χ0v) is 18.7. The molecule has 172 valence electrons. The molecule has 2 aliphatic rings. The molecule has 4 nitrogen and oxygen atoms in total. The summed E-state index contributed by atoms with van der Waals surface area (Å²) in [6.45, 7) is 7.41. The van der Waals surface area contributed by atoms with Crippen LogP contribution in [-0.4, -0.2) is 29.9 Å². The van der Waals surface area contributed by atoms with Gasteiger partial charge in [0.1, 0.15) is 0 Å². The molecule has 0 bridgehead atoms. The van der Waals surface area contributed by atoms with Gasteiger partial charge in [-0.05, 0) is 74.8 Å². The number of carbonyl (C=O) groups excluding carboxylic acids is 1. The molecule has 2 atom stereocenters. The molecule has 32 heavy (non-hydrogen) atoms. The summed E-state index contributed by atoms with van der Waals surface area (Å²) in [5.41, 5.74) is 10.5. The van der Waals surface area contributed by atoms with E-state index < -0.39 is 11.7 Å². The Balaban J connectivity index is 1.36. The minimum absolute atomic E-state index is 0.0952. The van der Waals surface area contributed by atoms with Crippen molar-refractivity contribution in [1.82, 2.24) is 15.8 Å². The van der Waals surface area contributed by atoms with E-state index in [0.717, 1.165) is 47.6 Å². The van der Waals surface area contributed by atoms with Crippen LogP contribution < -0.4 is 10.9 Å². The lowest BCUT2D eigenvalue weighted by molar-refractivity contribution is -0.137. The Morgan fingerprint density at radius 1 is 1.00 bits per heavy atom. The van der Waals surface area contributed by atoms with Crippen LogP contribution in [0.15, 0.2) is 36.4 Å². The number of hydrogen-bond donors (Lipinski definition) is 2. The Labute approximate surface area is 187 Å². The lowest BCUT2D eigenvalue weighted by Gasteiger charge is -2.35.